The molecule has 12 heteroatoms. The number of nitrogens with one attached hydrogen (secondary N) is 1. The highest BCUT2D eigenvalue weighted by atomic mass is 19.4. The minimum Gasteiger partial charge on any atom is -0.496 e. The van der Waals surface area contributed by atoms with Crippen molar-refractivity contribution >= 4 is 17.6 Å². The van der Waals surface area contributed by atoms with Crippen molar-refractivity contribution in [2.75, 3.05) is 28.4 Å². The van der Waals surface area contributed by atoms with Crippen LogP contribution >= 0.6 is 0 Å². The first-order valence-electron chi connectivity index (χ1n) is 12.6. The molecule has 220 valence electrons. The Kier molecular flexibility index (Phi) is 7.72. The van der Waals surface area contributed by atoms with Crippen molar-refractivity contribution in [3.05, 3.63) is 58.8 Å². The lowest BCUT2D eigenvalue weighted by Gasteiger charge is -2.35. The number of nitrogens with zero attached hydrogens (tertiary/aromatic N) is 1. The number of para-hydroxylation sites is 1. The third kappa shape index (κ3) is 4.95. The number of ketones is 1. The lowest BCUT2D eigenvalue weighted by molar-refractivity contribution is -0.190. The Bertz CT molecular complexity index is 1410. The van der Waals surface area contributed by atoms with E-state index in [1.165, 1.54) is 28.4 Å². The van der Waals surface area contributed by atoms with E-state index in [0.717, 1.165) is 17.0 Å². The number of halogens is 3. The maximum Gasteiger partial charge on any atom is 0.425 e. The number of Topliss-reactive ketones (excluding diaryl/α,β-unsaturated/α-hetero) is 1. The van der Waals surface area contributed by atoms with Gasteiger partial charge in [-0.25, -0.2) is 0 Å². The number of ether oxygens (including phenoxy) is 4. The summed E-state index contributed by atoms with van der Waals surface area (Å²) in [4.78, 5) is 41.9. The minimum atomic E-state index is -5.37. The molecule has 0 radical (unpaired) electrons. The van der Waals surface area contributed by atoms with Crippen LogP contribution in [0.1, 0.15) is 42.6 Å². The number of allylic oxidation sites excluding steroid dienone is 1. The summed E-state index contributed by atoms with van der Waals surface area (Å²) in [5, 5.41) is 1.92. The van der Waals surface area contributed by atoms with Crippen LogP contribution in [0.25, 0.3) is 0 Å². The maximum absolute atomic E-state index is 15.2. The first-order valence-corrected chi connectivity index (χ1v) is 12.6. The second-order valence-electron chi connectivity index (χ2n) is 10.6. The molecule has 2 amide bonds. The van der Waals surface area contributed by atoms with Crippen LogP contribution in [0.3, 0.4) is 0 Å². The predicted molar refractivity (Wildman–Crippen MR) is 141 cm³/mol. The highest BCUT2D eigenvalue weighted by Crippen LogP contribution is 2.52. The van der Waals surface area contributed by atoms with Gasteiger partial charge in [0.25, 0.3) is 11.8 Å². The van der Waals surface area contributed by atoms with Gasteiger partial charge in [-0.3, -0.25) is 14.4 Å². The molecule has 1 unspecified atom stereocenters. The number of hydrogen-bond acceptors (Lipinski definition) is 7. The van der Waals surface area contributed by atoms with Gasteiger partial charge in [0.1, 0.15) is 5.75 Å². The quantitative estimate of drug-likeness (QED) is 0.496. The van der Waals surface area contributed by atoms with Gasteiger partial charge in [0.15, 0.2) is 17.3 Å². The van der Waals surface area contributed by atoms with Crippen LogP contribution in [0.5, 0.6) is 23.0 Å². The molecule has 2 aliphatic rings. The number of amides is 2. The average molecular weight is 577 g/mol. The Morgan fingerprint density at radius 1 is 0.927 bits per heavy atom. The number of carbonyl (C=O) groups is 3. The van der Waals surface area contributed by atoms with E-state index in [-0.39, 0.29) is 47.9 Å². The zero-order valence-corrected chi connectivity index (χ0v) is 23.5. The molecule has 4 rings (SSSR count). The average Bonchev–Trinajstić information content (AvgIpc) is 3.14. The molecule has 1 aliphatic heterocycles. The van der Waals surface area contributed by atoms with Gasteiger partial charge in [-0.15, -0.1) is 0 Å². The van der Waals surface area contributed by atoms with Crippen molar-refractivity contribution in [1.82, 2.24) is 10.2 Å². The highest BCUT2D eigenvalue weighted by molar-refractivity contribution is 6.14. The Morgan fingerprint density at radius 3 is 2.05 bits per heavy atom. The molecule has 1 atom stereocenters. The van der Waals surface area contributed by atoms with Crippen LogP contribution < -0.4 is 24.3 Å². The van der Waals surface area contributed by atoms with E-state index in [1.807, 2.05) is 5.32 Å². The summed E-state index contributed by atoms with van der Waals surface area (Å²) >= 11 is 0. The van der Waals surface area contributed by atoms with Gasteiger partial charge in [-0.05, 0) is 30.0 Å². The Hall–Kier alpha value is -4.22. The van der Waals surface area contributed by atoms with Gasteiger partial charge in [-0.2, -0.15) is 13.2 Å². The third-order valence-corrected chi connectivity index (χ3v) is 7.29. The van der Waals surface area contributed by atoms with Crippen molar-refractivity contribution < 1.29 is 46.5 Å². The fourth-order valence-electron chi connectivity index (χ4n) is 5.45. The second-order valence-corrected chi connectivity index (χ2v) is 10.6. The molecule has 9 nitrogen and oxygen atoms in total. The number of carbonyl (C=O) groups excluding carboxylic acids is 3. The Labute approximate surface area is 235 Å². The van der Waals surface area contributed by atoms with Gasteiger partial charge in [0.2, 0.25) is 11.3 Å². The van der Waals surface area contributed by atoms with E-state index in [1.54, 1.807) is 38.1 Å². The molecule has 1 aliphatic carbocycles. The third-order valence-electron chi connectivity index (χ3n) is 7.29. The molecular weight excluding hydrogens is 545 g/mol. The van der Waals surface area contributed by atoms with Gasteiger partial charge in [-0.1, -0.05) is 32.0 Å². The number of hydrogen-bond donors (Lipinski definition) is 1. The smallest absolute Gasteiger partial charge is 0.425 e. The lowest BCUT2D eigenvalue weighted by Crippen LogP contribution is -2.66. The van der Waals surface area contributed by atoms with E-state index in [2.05, 4.69) is 0 Å². The van der Waals surface area contributed by atoms with Crippen molar-refractivity contribution in [2.45, 2.75) is 44.9 Å². The fourth-order valence-corrected chi connectivity index (χ4v) is 5.45. The van der Waals surface area contributed by atoms with Crippen molar-refractivity contribution in [1.29, 1.82) is 0 Å². The summed E-state index contributed by atoms with van der Waals surface area (Å²) in [5.74, 6) is -3.10. The highest BCUT2D eigenvalue weighted by Gasteiger charge is 2.71. The van der Waals surface area contributed by atoms with E-state index < -0.39 is 40.3 Å². The molecule has 2 aromatic rings. The monoisotopic (exact) mass is 576 g/mol. The molecule has 0 bridgehead atoms. The van der Waals surface area contributed by atoms with Crippen molar-refractivity contribution in [2.24, 2.45) is 5.41 Å². The van der Waals surface area contributed by atoms with Crippen LogP contribution in [-0.4, -0.2) is 62.7 Å². The summed E-state index contributed by atoms with van der Waals surface area (Å²) in [7, 11) is 5.30. The van der Waals surface area contributed by atoms with Crippen LogP contribution in [0.15, 0.2) is 47.7 Å². The van der Waals surface area contributed by atoms with Crippen LogP contribution in [0.4, 0.5) is 13.2 Å². The number of benzene rings is 2. The first-order chi connectivity index (χ1) is 19.2. The summed E-state index contributed by atoms with van der Waals surface area (Å²) in [6.45, 7) is 3.17. The molecular formula is C29H31F3N2O7. The van der Waals surface area contributed by atoms with E-state index in [9.17, 15) is 14.4 Å². The summed E-state index contributed by atoms with van der Waals surface area (Å²) in [5.41, 5.74) is -5.06. The van der Waals surface area contributed by atoms with Crippen molar-refractivity contribution in [3.8, 4) is 23.0 Å². The molecule has 0 aromatic heterocycles. The molecule has 2 aromatic carbocycles. The molecule has 41 heavy (non-hydrogen) atoms. The summed E-state index contributed by atoms with van der Waals surface area (Å²) < 4.78 is 66.6. The lowest BCUT2D eigenvalue weighted by atomic mass is 9.72. The normalized spacial score (nSPS) is 20.1. The van der Waals surface area contributed by atoms with E-state index >= 15 is 13.2 Å². The second kappa shape index (κ2) is 10.6. The summed E-state index contributed by atoms with van der Waals surface area (Å²) in [6.07, 6.45) is -5.60. The first kappa shape index (κ1) is 29.8. The molecule has 0 saturated heterocycles. The maximum atomic E-state index is 15.2. The van der Waals surface area contributed by atoms with Crippen molar-refractivity contribution in [3.63, 3.8) is 0 Å². The van der Waals surface area contributed by atoms with Gasteiger partial charge in [0.05, 0.1) is 40.6 Å². The largest absolute Gasteiger partial charge is 0.496 e. The number of alkyl halides is 3. The molecule has 0 spiro atoms. The zero-order valence-electron chi connectivity index (χ0n) is 23.5. The molecule has 1 heterocycles. The molecule has 1 N–H and O–H groups in total. The Morgan fingerprint density at radius 2 is 1.51 bits per heavy atom. The number of rotatable bonds is 8. The topological polar surface area (TPSA) is 103 Å². The summed E-state index contributed by atoms with van der Waals surface area (Å²) in [6, 6.07) is 8.90. The van der Waals surface area contributed by atoms with E-state index in [0.29, 0.717) is 11.3 Å². The fraction of sp³-hybridized carbons (Fsp3) is 0.414. The van der Waals surface area contributed by atoms with Gasteiger partial charge < -0.3 is 29.2 Å². The standard InChI is InChI=1S/C29H31F3N2O7/c1-27(2)13-18-23(19(35)14-27)28(29(30,31)32,26(37)34(18)15-16-9-7-8-10-20(16)38-3)33-25(36)17-11-21(39-4)24(41-6)22(12-17)40-5/h7-12H,13-15H2,1-6H3,(H,33,36). The zero-order chi connectivity index (χ0) is 30.3. The number of methoxy groups -OCH3 is 4. The Balaban J connectivity index is 1.89. The van der Waals surface area contributed by atoms with Crippen LogP contribution in [0.2, 0.25) is 0 Å². The van der Waals surface area contributed by atoms with Gasteiger partial charge in [0, 0.05) is 23.2 Å². The predicted octanol–water partition coefficient (Wildman–Crippen LogP) is 4.44. The van der Waals surface area contributed by atoms with Gasteiger partial charge >= 0.3 is 6.18 Å². The SMILES string of the molecule is COc1ccccc1CN1C(=O)C(NC(=O)c2cc(OC)c(OC)c(OC)c2)(C(F)(F)F)C2=C1CC(C)(C)CC2=O. The van der Waals surface area contributed by atoms with Crippen LogP contribution in [-0.2, 0) is 16.1 Å². The van der Waals surface area contributed by atoms with E-state index in [4.69, 9.17) is 18.9 Å². The molecule has 0 fully saturated rings. The van der Waals surface area contributed by atoms with Crippen LogP contribution in [0, 0.1) is 5.41 Å². The molecule has 0 saturated carbocycles. The minimum absolute atomic E-state index is 0.00679.